The van der Waals surface area contributed by atoms with E-state index in [9.17, 15) is 0 Å². The monoisotopic (exact) mass is 279 g/mol. The summed E-state index contributed by atoms with van der Waals surface area (Å²) in [6, 6.07) is 21.5. The van der Waals surface area contributed by atoms with Crippen molar-refractivity contribution in [1.82, 2.24) is 4.90 Å². The van der Waals surface area contributed by atoms with E-state index in [-0.39, 0.29) is 0 Å². The summed E-state index contributed by atoms with van der Waals surface area (Å²) in [5, 5.41) is 0. The van der Waals surface area contributed by atoms with Crippen LogP contribution in [0.4, 0.5) is 0 Å². The minimum atomic E-state index is 1.12. The van der Waals surface area contributed by atoms with Crippen molar-refractivity contribution in [2.75, 3.05) is 26.2 Å². The van der Waals surface area contributed by atoms with E-state index in [4.69, 9.17) is 0 Å². The van der Waals surface area contributed by atoms with E-state index in [1.165, 1.54) is 11.1 Å². The van der Waals surface area contributed by atoms with Crippen molar-refractivity contribution in [3.8, 4) is 0 Å². The van der Waals surface area contributed by atoms with Gasteiger partial charge < -0.3 is 0 Å². The van der Waals surface area contributed by atoms with E-state index in [1.807, 2.05) is 0 Å². The normalized spacial score (nSPS) is 14.3. The molecule has 0 saturated carbocycles. The molecule has 0 fully saturated rings. The molecular formula is C19H23N2+. The third kappa shape index (κ3) is 4.19. The summed E-state index contributed by atoms with van der Waals surface area (Å²) in [5.41, 5.74) is 2.85. The van der Waals surface area contributed by atoms with E-state index < -0.39 is 0 Å². The predicted molar refractivity (Wildman–Crippen MR) is 87.9 cm³/mol. The Bertz CT molecular complexity index is 575. The lowest BCUT2D eigenvalue weighted by atomic mass is 10.1. The van der Waals surface area contributed by atoms with E-state index >= 15 is 0 Å². The van der Waals surface area contributed by atoms with Gasteiger partial charge in [0.1, 0.15) is 13.1 Å². The summed E-state index contributed by atoms with van der Waals surface area (Å²) >= 11 is 0. The SMILES string of the molecule is C1=[N+](CCc2ccccc2)CCN1CCc1ccccc1. The van der Waals surface area contributed by atoms with Crippen molar-refractivity contribution >= 4 is 6.34 Å². The summed E-state index contributed by atoms with van der Waals surface area (Å²) in [7, 11) is 0. The van der Waals surface area contributed by atoms with Gasteiger partial charge in [0.05, 0.1) is 13.1 Å². The predicted octanol–water partition coefficient (Wildman–Crippen LogP) is 2.83. The first kappa shape index (κ1) is 13.9. The fourth-order valence-electron chi connectivity index (χ4n) is 2.78. The molecule has 1 aliphatic heterocycles. The smallest absolute Gasteiger partial charge is 0.234 e. The topological polar surface area (TPSA) is 6.25 Å². The van der Waals surface area contributed by atoms with Gasteiger partial charge in [-0.15, -0.1) is 0 Å². The van der Waals surface area contributed by atoms with Crippen LogP contribution in [0.25, 0.3) is 0 Å². The number of rotatable bonds is 6. The molecule has 0 unspecified atom stereocenters. The Morgan fingerprint density at radius 1 is 0.810 bits per heavy atom. The summed E-state index contributed by atoms with van der Waals surface area (Å²) in [6.07, 6.45) is 4.57. The van der Waals surface area contributed by atoms with Gasteiger partial charge in [-0.3, -0.25) is 9.48 Å². The lowest BCUT2D eigenvalue weighted by Gasteiger charge is -2.06. The average molecular weight is 279 g/mol. The fourth-order valence-corrected chi connectivity index (χ4v) is 2.78. The zero-order chi connectivity index (χ0) is 14.3. The van der Waals surface area contributed by atoms with Crippen LogP contribution < -0.4 is 0 Å². The summed E-state index contributed by atoms with van der Waals surface area (Å²) in [4.78, 5) is 2.44. The van der Waals surface area contributed by atoms with Crippen LogP contribution in [0.3, 0.4) is 0 Å². The minimum absolute atomic E-state index is 1.12. The first-order valence-electron chi connectivity index (χ1n) is 7.81. The van der Waals surface area contributed by atoms with Gasteiger partial charge >= 0.3 is 0 Å². The molecule has 1 heterocycles. The third-order valence-electron chi connectivity index (χ3n) is 4.06. The molecule has 21 heavy (non-hydrogen) atoms. The van der Waals surface area contributed by atoms with Crippen LogP contribution in [-0.2, 0) is 12.8 Å². The van der Waals surface area contributed by atoms with Gasteiger partial charge in [0.2, 0.25) is 6.34 Å². The molecule has 0 atom stereocenters. The Morgan fingerprint density at radius 2 is 1.43 bits per heavy atom. The van der Waals surface area contributed by atoms with Crippen molar-refractivity contribution in [2.45, 2.75) is 12.8 Å². The molecule has 0 bridgehead atoms. The van der Waals surface area contributed by atoms with Gasteiger partial charge in [0.25, 0.3) is 0 Å². The number of hydrogen-bond donors (Lipinski definition) is 0. The van der Waals surface area contributed by atoms with Crippen molar-refractivity contribution in [3.05, 3.63) is 71.8 Å². The van der Waals surface area contributed by atoms with E-state index in [0.717, 1.165) is 39.0 Å². The Labute approximate surface area is 127 Å². The highest BCUT2D eigenvalue weighted by atomic mass is 15.3. The van der Waals surface area contributed by atoms with Gasteiger partial charge in [0.15, 0.2) is 0 Å². The largest absolute Gasteiger partial charge is 0.264 e. The molecule has 0 N–H and O–H groups in total. The van der Waals surface area contributed by atoms with Crippen molar-refractivity contribution in [1.29, 1.82) is 0 Å². The third-order valence-corrected chi connectivity index (χ3v) is 4.06. The quantitative estimate of drug-likeness (QED) is 0.737. The van der Waals surface area contributed by atoms with Crippen LogP contribution in [0.2, 0.25) is 0 Å². The van der Waals surface area contributed by atoms with Crippen LogP contribution >= 0.6 is 0 Å². The Hall–Kier alpha value is -2.09. The van der Waals surface area contributed by atoms with Crippen molar-refractivity contribution in [2.24, 2.45) is 0 Å². The molecular weight excluding hydrogens is 256 g/mol. The number of benzene rings is 2. The molecule has 0 radical (unpaired) electrons. The van der Waals surface area contributed by atoms with Crippen LogP contribution in [-0.4, -0.2) is 42.0 Å². The summed E-state index contributed by atoms with van der Waals surface area (Å²) < 4.78 is 2.44. The maximum atomic E-state index is 2.44. The van der Waals surface area contributed by atoms with E-state index in [2.05, 4.69) is 76.5 Å². The Morgan fingerprint density at radius 3 is 2.10 bits per heavy atom. The van der Waals surface area contributed by atoms with Gasteiger partial charge in [-0.2, -0.15) is 0 Å². The highest BCUT2D eigenvalue weighted by molar-refractivity contribution is 5.50. The minimum Gasteiger partial charge on any atom is -0.264 e. The van der Waals surface area contributed by atoms with Gasteiger partial charge in [-0.25, -0.2) is 0 Å². The first-order chi connectivity index (χ1) is 10.4. The second-order valence-electron chi connectivity index (χ2n) is 5.66. The summed E-state index contributed by atoms with van der Waals surface area (Å²) in [5.74, 6) is 0. The van der Waals surface area contributed by atoms with Gasteiger partial charge in [-0.05, 0) is 11.1 Å². The molecule has 2 nitrogen and oxygen atoms in total. The Kier molecular flexibility index (Phi) is 4.67. The molecule has 108 valence electrons. The molecule has 0 amide bonds. The van der Waals surface area contributed by atoms with Crippen LogP contribution in [0.15, 0.2) is 60.7 Å². The van der Waals surface area contributed by atoms with Crippen LogP contribution in [0.1, 0.15) is 11.1 Å². The maximum Gasteiger partial charge on any atom is 0.234 e. The van der Waals surface area contributed by atoms with Crippen molar-refractivity contribution in [3.63, 3.8) is 0 Å². The van der Waals surface area contributed by atoms with E-state index in [1.54, 1.807) is 0 Å². The molecule has 2 aromatic carbocycles. The highest BCUT2D eigenvalue weighted by Crippen LogP contribution is 2.04. The molecule has 0 spiro atoms. The second kappa shape index (κ2) is 7.07. The van der Waals surface area contributed by atoms with Crippen LogP contribution in [0, 0.1) is 0 Å². The van der Waals surface area contributed by atoms with Gasteiger partial charge in [-0.1, -0.05) is 60.7 Å². The lowest BCUT2D eigenvalue weighted by Crippen LogP contribution is -2.22. The number of hydrogen-bond acceptors (Lipinski definition) is 1. The maximum absolute atomic E-state index is 2.44. The molecule has 2 heteroatoms. The fraction of sp³-hybridized carbons (Fsp3) is 0.316. The van der Waals surface area contributed by atoms with Gasteiger partial charge in [0, 0.05) is 12.8 Å². The molecule has 0 aliphatic carbocycles. The molecule has 0 saturated heterocycles. The first-order valence-corrected chi connectivity index (χ1v) is 7.81. The highest BCUT2D eigenvalue weighted by Gasteiger charge is 2.18. The second-order valence-corrected chi connectivity index (χ2v) is 5.66. The molecule has 3 rings (SSSR count). The van der Waals surface area contributed by atoms with Crippen molar-refractivity contribution < 1.29 is 4.58 Å². The van der Waals surface area contributed by atoms with Crippen LogP contribution in [0.5, 0.6) is 0 Å². The zero-order valence-corrected chi connectivity index (χ0v) is 12.5. The standard InChI is InChI=1S/C19H23N2/c1-3-7-18(8-4-1)11-13-20-15-16-21(17-20)14-12-19-9-5-2-6-10-19/h1-10,17H,11-16H2/q+1. The van der Waals surface area contributed by atoms with E-state index in [0.29, 0.717) is 0 Å². The zero-order valence-electron chi connectivity index (χ0n) is 12.5. The molecule has 1 aliphatic rings. The molecule has 2 aromatic rings. The Balaban J connectivity index is 1.46. The average Bonchev–Trinajstić information content (AvgIpc) is 3.01. The number of nitrogens with zero attached hydrogens (tertiary/aromatic N) is 2. The summed E-state index contributed by atoms with van der Waals surface area (Å²) in [6.45, 7) is 4.54. The lowest BCUT2D eigenvalue weighted by molar-refractivity contribution is -0.513. The molecule has 0 aromatic heterocycles.